The highest BCUT2D eigenvalue weighted by atomic mass is 16.3. The molecular weight excluding hydrogens is 188 g/mol. The molecule has 0 unspecified atom stereocenters. The molecule has 0 atom stereocenters. The standard InChI is InChI=1S/C5H12N8O/c6-4(7)12-10-1-3(2-14)11-13-5(8)9/h1,14H,2H2,(H4,6,7,12)(H4,8,9,13)/b10-1+,11-3-. The minimum atomic E-state index is -0.389. The van der Waals surface area contributed by atoms with Gasteiger partial charge in [-0.1, -0.05) is 0 Å². The van der Waals surface area contributed by atoms with Crippen molar-refractivity contribution in [1.29, 1.82) is 0 Å². The topological polar surface area (TPSA) is 174 Å². The summed E-state index contributed by atoms with van der Waals surface area (Å²) in [6, 6.07) is 0. The van der Waals surface area contributed by atoms with E-state index < -0.39 is 0 Å². The van der Waals surface area contributed by atoms with Gasteiger partial charge in [0.25, 0.3) is 0 Å². The number of hydrogen-bond donors (Lipinski definition) is 5. The second-order valence-corrected chi connectivity index (χ2v) is 2.04. The third-order valence-corrected chi connectivity index (χ3v) is 0.836. The number of nitrogens with two attached hydrogens (primary N) is 4. The molecule has 0 aromatic rings. The van der Waals surface area contributed by atoms with Gasteiger partial charge >= 0.3 is 0 Å². The molecule has 14 heavy (non-hydrogen) atoms. The summed E-state index contributed by atoms with van der Waals surface area (Å²) < 4.78 is 0. The van der Waals surface area contributed by atoms with Crippen LogP contribution in [-0.4, -0.2) is 35.6 Å². The lowest BCUT2D eigenvalue weighted by atomic mass is 10.4. The molecular formula is C5H12N8O. The van der Waals surface area contributed by atoms with Crippen LogP contribution >= 0.6 is 0 Å². The SMILES string of the molecule is NC(N)=N/N=C(/C=N/N=C(N)N)CO. The normalized spacial score (nSPS) is 11.4. The third-order valence-electron chi connectivity index (χ3n) is 0.836. The molecule has 0 rings (SSSR count). The molecule has 0 saturated carbocycles. The van der Waals surface area contributed by atoms with E-state index in [1.54, 1.807) is 0 Å². The van der Waals surface area contributed by atoms with Gasteiger partial charge < -0.3 is 28.0 Å². The zero-order valence-corrected chi connectivity index (χ0v) is 7.33. The highest BCUT2D eigenvalue weighted by Gasteiger charge is 1.91. The van der Waals surface area contributed by atoms with Gasteiger partial charge in [0, 0.05) is 0 Å². The van der Waals surface area contributed by atoms with Crippen LogP contribution in [0.1, 0.15) is 0 Å². The van der Waals surface area contributed by atoms with Crippen molar-refractivity contribution in [2.75, 3.05) is 6.61 Å². The van der Waals surface area contributed by atoms with E-state index in [-0.39, 0.29) is 24.2 Å². The van der Waals surface area contributed by atoms with Gasteiger partial charge in [0.2, 0.25) is 11.9 Å². The van der Waals surface area contributed by atoms with E-state index in [9.17, 15) is 0 Å². The molecule has 9 N–H and O–H groups in total. The first kappa shape index (κ1) is 11.8. The molecule has 9 nitrogen and oxygen atoms in total. The Morgan fingerprint density at radius 3 is 2.00 bits per heavy atom. The molecule has 0 aromatic heterocycles. The van der Waals surface area contributed by atoms with Crippen molar-refractivity contribution < 1.29 is 5.11 Å². The lowest BCUT2D eigenvalue weighted by molar-refractivity contribution is 0.359. The number of rotatable bonds is 4. The van der Waals surface area contributed by atoms with Crippen LogP contribution < -0.4 is 22.9 Å². The van der Waals surface area contributed by atoms with Crippen molar-refractivity contribution >= 4 is 23.8 Å². The molecule has 0 radical (unpaired) electrons. The van der Waals surface area contributed by atoms with Gasteiger partial charge in [0.1, 0.15) is 5.71 Å². The molecule has 0 aliphatic heterocycles. The Kier molecular flexibility index (Phi) is 5.38. The first-order chi connectivity index (χ1) is 6.56. The Hall–Kier alpha value is -2.16. The lowest BCUT2D eigenvalue weighted by Gasteiger charge is -1.90. The molecule has 0 bridgehead atoms. The fraction of sp³-hybridized carbons (Fsp3) is 0.200. The summed E-state index contributed by atoms with van der Waals surface area (Å²) >= 11 is 0. The average Bonchev–Trinajstić information content (AvgIpc) is 2.10. The molecule has 0 aromatic carbocycles. The van der Waals surface area contributed by atoms with E-state index in [0.29, 0.717) is 0 Å². The Morgan fingerprint density at radius 1 is 1.00 bits per heavy atom. The van der Waals surface area contributed by atoms with Crippen LogP contribution in [0.15, 0.2) is 20.4 Å². The number of aliphatic hydroxyl groups is 1. The van der Waals surface area contributed by atoms with Gasteiger partial charge in [-0.2, -0.15) is 5.10 Å². The third kappa shape index (κ3) is 6.54. The van der Waals surface area contributed by atoms with Crippen LogP contribution in [0.2, 0.25) is 0 Å². The van der Waals surface area contributed by atoms with Gasteiger partial charge in [0.05, 0.1) is 12.8 Å². The van der Waals surface area contributed by atoms with Crippen molar-refractivity contribution in [3.05, 3.63) is 0 Å². The number of aliphatic hydroxyl groups excluding tert-OH is 1. The van der Waals surface area contributed by atoms with Crippen molar-refractivity contribution in [2.45, 2.75) is 0 Å². The van der Waals surface area contributed by atoms with Gasteiger partial charge in [-0.3, -0.25) is 0 Å². The van der Waals surface area contributed by atoms with E-state index in [0.717, 1.165) is 6.21 Å². The van der Waals surface area contributed by atoms with Gasteiger partial charge in [-0.15, -0.1) is 15.3 Å². The first-order valence-corrected chi connectivity index (χ1v) is 3.44. The van der Waals surface area contributed by atoms with Gasteiger partial charge in [-0.25, -0.2) is 0 Å². The van der Waals surface area contributed by atoms with Crippen LogP contribution in [0, 0.1) is 0 Å². The van der Waals surface area contributed by atoms with Crippen molar-refractivity contribution in [2.24, 2.45) is 43.3 Å². The summed E-state index contributed by atoms with van der Waals surface area (Å²) in [5.74, 6) is -0.438. The molecule has 78 valence electrons. The van der Waals surface area contributed by atoms with E-state index in [1.165, 1.54) is 0 Å². The highest BCUT2D eigenvalue weighted by molar-refractivity contribution is 6.31. The molecule has 0 heterocycles. The molecule has 9 heteroatoms. The highest BCUT2D eigenvalue weighted by Crippen LogP contribution is 1.78. The Balaban J connectivity index is 4.44. The van der Waals surface area contributed by atoms with Crippen molar-refractivity contribution in [1.82, 2.24) is 0 Å². The second kappa shape index (κ2) is 6.37. The number of nitrogens with zero attached hydrogens (tertiary/aromatic N) is 4. The zero-order chi connectivity index (χ0) is 11.0. The predicted octanol–water partition coefficient (Wildman–Crippen LogP) is -3.13. The quantitative estimate of drug-likeness (QED) is 0.183. The summed E-state index contributed by atoms with van der Waals surface area (Å²) in [6.45, 7) is -0.389. The van der Waals surface area contributed by atoms with Crippen molar-refractivity contribution in [3.8, 4) is 0 Å². The van der Waals surface area contributed by atoms with E-state index in [2.05, 4.69) is 20.4 Å². The largest absolute Gasteiger partial charge is 0.390 e. The maximum atomic E-state index is 8.72. The molecule has 0 aliphatic rings. The zero-order valence-electron chi connectivity index (χ0n) is 7.33. The van der Waals surface area contributed by atoms with Crippen LogP contribution in [-0.2, 0) is 0 Å². The summed E-state index contributed by atoms with van der Waals surface area (Å²) in [6.07, 6.45) is 1.12. The van der Waals surface area contributed by atoms with E-state index in [4.69, 9.17) is 28.0 Å². The second-order valence-electron chi connectivity index (χ2n) is 2.04. The monoisotopic (exact) mass is 200 g/mol. The van der Waals surface area contributed by atoms with Crippen LogP contribution in [0.5, 0.6) is 0 Å². The van der Waals surface area contributed by atoms with E-state index in [1.807, 2.05) is 0 Å². The maximum Gasteiger partial charge on any atom is 0.211 e. The Labute approximate surface area is 79.9 Å². The fourth-order valence-corrected chi connectivity index (χ4v) is 0.382. The van der Waals surface area contributed by atoms with E-state index >= 15 is 0 Å². The predicted molar refractivity (Wildman–Crippen MR) is 54.6 cm³/mol. The number of guanidine groups is 2. The van der Waals surface area contributed by atoms with Crippen molar-refractivity contribution in [3.63, 3.8) is 0 Å². The summed E-state index contributed by atoms with van der Waals surface area (Å²) in [5.41, 5.74) is 20.1. The van der Waals surface area contributed by atoms with Gasteiger partial charge in [-0.05, 0) is 0 Å². The maximum absolute atomic E-state index is 8.72. The molecule has 0 fully saturated rings. The van der Waals surface area contributed by atoms with Gasteiger partial charge in [0.15, 0.2) is 0 Å². The summed E-state index contributed by atoms with van der Waals surface area (Å²) in [5, 5.41) is 22.1. The fourth-order valence-electron chi connectivity index (χ4n) is 0.382. The smallest absolute Gasteiger partial charge is 0.211 e. The summed E-state index contributed by atoms with van der Waals surface area (Å²) in [7, 11) is 0. The van der Waals surface area contributed by atoms with Crippen LogP contribution in [0.4, 0.5) is 0 Å². The van der Waals surface area contributed by atoms with Crippen LogP contribution in [0.3, 0.4) is 0 Å². The average molecular weight is 200 g/mol. The Bertz CT molecular complexity index is 282. The lowest BCUT2D eigenvalue weighted by Crippen LogP contribution is -2.22. The minimum Gasteiger partial charge on any atom is -0.390 e. The van der Waals surface area contributed by atoms with Crippen LogP contribution in [0.25, 0.3) is 0 Å². The first-order valence-electron chi connectivity index (χ1n) is 3.44. The summed E-state index contributed by atoms with van der Waals surface area (Å²) in [4.78, 5) is 0. The molecule has 0 amide bonds. The Morgan fingerprint density at radius 2 is 1.57 bits per heavy atom. The molecule has 0 saturated heterocycles. The molecule has 0 spiro atoms. The minimum absolute atomic E-state index is 0.114. The molecule has 0 aliphatic carbocycles. The number of hydrogen-bond acceptors (Lipinski definition) is 5.